The van der Waals surface area contributed by atoms with Gasteiger partial charge >= 0.3 is 5.97 Å². The molecule has 0 N–H and O–H groups in total. The topological polar surface area (TPSA) is 162 Å². The van der Waals surface area contributed by atoms with Gasteiger partial charge in [0.05, 0.1) is 149 Å². The number of rotatable bonds is 36. The summed E-state index contributed by atoms with van der Waals surface area (Å²) < 4.78 is 88.6. The van der Waals surface area contributed by atoms with E-state index in [1.165, 1.54) is 12.1 Å². The lowest BCUT2D eigenvalue weighted by Crippen LogP contribution is -2.16. The number of esters is 1. The van der Waals surface area contributed by atoms with E-state index in [0.717, 1.165) is 5.56 Å². The molecule has 0 heterocycles. The summed E-state index contributed by atoms with van der Waals surface area (Å²) in [5, 5.41) is 0. The molecule has 0 fully saturated rings. The maximum absolute atomic E-state index is 12.1. The van der Waals surface area contributed by atoms with Crippen molar-refractivity contribution in [2.24, 2.45) is 0 Å². The molecule has 0 spiro atoms. The highest BCUT2D eigenvalue weighted by molar-refractivity contribution is 7.86. The molecule has 15 nitrogen and oxygen atoms in total. The van der Waals surface area contributed by atoms with Gasteiger partial charge in [0.15, 0.2) is 0 Å². The second-order valence-electron chi connectivity index (χ2n) is 10.7. The molecule has 0 amide bonds. The fourth-order valence-corrected chi connectivity index (χ4v) is 4.80. The van der Waals surface area contributed by atoms with Gasteiger partial charge in [0, 0.05) is 0 Å². The summed E-state index contributed by atoms with van der Waals surface area (Å²) in [6.07, 6.45) is 0. The van der Waals surface area contributed by atoms with E-state index >= 15 is 0 Å². The minimum Gasteiger partial charge on any atom is -0.460 e. The van der Waals surface area contributed by atoms with Crippen molar-refractivity contribution in [2.45, 2.75) is 11.8 Å². The first-order valence-corrected chi connectivity index (χ1v) is 18.9. The first-order chi connectivity index (χ1) is 25.5. The van der Waals surface area contributed by atoms with Gasteiger partial charge in [-0.1, -0.05) is 35.9 Å². The van der Waals surface area contributed by atoms with Gasteiger partial charge in [-0.25, -0.2) is 4.79 Å². The summed E-state index contributed by atoms with van der Waals surface area (Å²) in [5.41, 5.74) is 1.49. The van der Waals surface area contributed by atoms with Crippen molar-refractivity contribution in [1.29, 1.82) is 0 Å². The molecule has 0 radical (unpaired) electrons. The zero-order valence-electron chi connectivity index (χ0n) is 30.3. The molecule has 16 heteroatoms. The number of benzene rings is 2. The van der Waals surface area contributed by atoms with E-state index in [2.05, 4.69) is 0 Å². The Morgan fingerprint density at radius 1 is 0.423 bits per heavy atom. The average molecular weight is 761 g/mol. The van der Waals surface area contributed by atoms with Gasteiger partial charge in [0.2, 0.25) is 0 Å². The van der Waals surface area contributed by atoms with Gasteiger partial charge in [-0.3, -0.25) is 4.18 Å². The highest BCUT2D eigenvalue weighted by Gasteiger charge is 2.14. The van der Waals surface area contributed by atoms with Crippen molar-refractivity contribution in [2.75, 3.05) is 145 Å². The Morgan fingerprint density at radius 3 is 1.08 bits per heavy atom. The van der Waals surface area contributed by atoms with Gasteiger partial charge in [-0.2, -0.15) is 8.42 Å². The summed E-state index contributed by atoms with van der Waals surface area (Å²) in [6.45, 7) is 10.4. The third kappa shape index (κ3) is 25.4. The minimum absolute atomic E-state index is 0.0649. The van der Waals surface area contributed by atoms with Crippen LogP contribution in [-0.2, 0) is 66.4 Å². The van der Waals surface area contributed by atoms with Gasteiger partial charge < -0.3 is 52.1 Å². The van der Waals surface area contributed by atoms with Crippen molar-refractivity contribution in [3.63, 3.8) is 0 Å². The van der Waals surface area contributed by atoms with Crippen LogP contribution in [0.2, 0.25) is 0 Å². The van der Waals surface area contributed by atoms with Crippen LogP contribution in [0.5, 0.6) is 0 Å². The molecule has 0 saturated heterocycles. The summed E-state index contributed by atoms with van der Waals surface area (Å²) in [4.78, 5) is 11.9. The number of carbonyl (C=O) groups excluding carboxylic acids is 1. The van der Waals surface area contributed by atoms with Gasteiger partial charge in [-0.15, -0.1) is 0 Å². The first-order valence-electron chi connectivity index (χ1n) is 17.4. The second-order valence-corrected chi connectivity index (χ2v) is 12.3. The van der Waals surface area contributed by atoms with Gasteiger partial charge in [0.1, 0.15) is 6.61 Å². The van der Waals surface area contributed by atoms with Crippen molar-refractivity contribution in [3.05, 3.63) is 65.7 Å². The van der Waals surface area contributed by atoms with Crippen LogP contribution in [0.3, 0.4) is 0 Å². The maximum Gasteiger partial charge on any atom is 0.338 e. The smallest absolute Gasteiger partial charge is 0.338 e. The van der Waals surface area contributed by atoms with Crippen LogP contribution in [0.4, 0.5) is 0 Å². The molecule has 0 saturated carbocycles. The number of carbonyl (C=O) groups is 1. The van der Waals surface area contributed by atoms with E-state index in [9.17, 15) is 13.2 Å². The van der Waals surface area contributed by atoms with Crippen LogP contribution in [0.25, 0.3) is 0 Å². The fourth-order valence-electron chi connectivity index (χ4n) is 3.91. The van der Waals surface area contributed by atoms with E-state index < -0.39 is 10.1 Å². The second kappa shape index (κ2) is 31.9. The molecule has 0 aliphatic carbocycles. The number of ether oxygens (including phenoxy) is 11. The number of aryl methyl sites for hydroxylation is 1. The van der Waals surface area contributed by atoms with E-state index in [-0.39, 0.29) is 30.7 Å². The van der Waals surface area contributed by atoms with Crippen LogP contribution < -0.4 is 0 Å². The van der Waals surface area contributed by atoms with Crippen molar-refractivity contribution >= 4 is 16.1 Å². The molecule has 296 valence electrons. The zero-order chi connectivity index (χ0) is 37.2. The molecular formula is C36H56O15S. The lowest BCUT2D eigenvalue weighted by atomic mass is 10.2. The average Bonchev–Trinajstić information content (AvgIpc) is 3.15. The molecule has 0 bridgehead atoms. The summed E-state index contributed by atoms with van der Waals surface area (Å²) in [5.74, 6) is -0.364. The predicted octanol–water partition coefficient (Wildman–Crippen LogP) is 2.72. The van der Waals surface area contributed by atoms with Crippen molar-refractivity contribution in [1.82, 2.24) is 0 Å². The molecule has 2 aromatic rings. The van der Waals surface area contributed by atoms with Crippen LogP contribution in [-0.4, -0.2) is 160 Å². The fraction of sp³-hybridized carbons (Fsp3) is 0.639. The zero-order valence-corrected chi connectivity index (χ0v) is 31.1. The van der Waals surface area contributed by atoms with Crippen LogP contribution in [0.1, 0.15) is 15.9 Å². The Hall–Kier alpha value is -2.58. The summed E-state index contributed by atoms with van der Waals surface area (Å²) in [7, 11) is -3.78. The van der Waals surface area contributed by atoms with Crippen molar-refractivity contribution in [3.8, 4) is 0 Å². The maximum atomic E-state index is 12.1. The number of hydrogen-bond acceptors (Lipinski definition) is 15. The lowest BCUT2D eigenvalue weighted by Gasteiger charge is -2.09. The highest BCUT2D eigenvalue weighted by atomic mass is 32.2. The standard InChI is InChI=1S/C36H56O15S/c1-33-7-9-35(10-8-33)52(38,39)51-32-30-49-28-26-47-24-22-45-20-18-43-16-14-41-12-11-40-13-15-42-17-19-44-21-23-46-25-27-48-29-31-50-36(37)34-5-3-2-4-6-34/h2-10H,11-32H2,1H3. The molecule has 0 unspecified atom stereocenters. The monoisotopic (exact) mass is 760 g/mol. The number of hydrogen-bond donors (Lipinski definition) is 0. The van der Waals surface area contributed by atoms with E-state index in [4.69, 9.17) is 56.3 Å². The molecular weight excluding hydrogens is 704 g/mol. The van der Waals surface area contributed by atoms with Gasteiger partial charge in [-0.05, 0) is 31.2 Å². The third-order valence-corrected chi connectivity index (χ3v) is 7.92. The predicted molar refractivity (Wildman–Crippen MR) is 189 cm³/mol. The van der Waals surface area contributed by atoms with E-state index in [1.807, 2.05) is 13.0 Å². The highest BCUT2D eigenvalue weighted by Crippen LogP contribution is 2.13. The molecule has 52 heavy (non-hydrogen) atoms. The first kappa shape index (κ1) is 45.6. The quantitative estimate of drug-likeness (QED) is 0.0566. The van der Waals surface area contributed by atoms with Gasteiger partial charge in [0.25, 0.3) is 10.1 Å². The van der Waals surface area contributed by atoms with Crippen LogP contribution >= 0.6 is 0 Å². The Balaban J connectivity index is 1.17. The third-order valence-electron chi connectivity index (χ3n) is 6.59. The van der Waals surface area contributed by atoms with Crippen LogP contribution in [0, 0.1) is 6.92 Å². The minimum atomic E-state index is -3.78. The summed E-state index contributed by atoms with van der Waals surface area (Å²) >= 11 is 0. The normalized spacial score (nSPS) is 11.6. The molecule has 0 aromatic heterocycles. The molecule has 0 aliphatic rings. The van der Waals surface area contributed by atoms with E-state index in [1.54, 1.807) is 36.4 Å². The Labute approximate surface area is 308 Å². The SMILES string of the molecule is Cc1ccc(S(=O)(=O)OCCOCCOCCOCCOCCOCCOCCOCCOCCOCCOCCOC(=O)c2ccccc2)cc1. The Morgan fingerprint density at radius 2 is 0.731 bits per heavy atom. The molecule has 0 atom stereocenters. The van der Waals surface area contributed by atoms with Crippen LogP contribution in [0.15, 0.2) is 59.5 Å². The van der Waals surface area contributed by atoms with E-state index in [0.29, 0.717) is 131 Å². The Kier molecular flexibility index (Phi) is 28.0. The largest absolute Gasteiger partial charge is 0.460 e. The summed E-state index contributed by atoms with van der Waals surface area (Å²) in [6, 6.07) is 15.3. The molecule has 0 aliphatic heterocycles. The lowest BCUT2D eigenvalue weighted by molar-refractivity contribution is -0.0273. The molecule has 2 aromatic carbocycles. The van der Waals surface area contributed by atoms with Crippen molar-refractivity contribution < 1.29 is 69.5 Å². The Bertz CT molecular complexity index is 1220. The molecule has 2 rings (SSSR count).